The van der Waals surface area contributed by atoms with E-state index in [9.17, 15) is 14.4 Å². The number of cyclic esters (lactones) is 1. The van der Waals surface area contributed by atoms with Crippen molar-refractivity contribution >= 4 is 18.3 Å². The molecule has 1 N–H and O–H groups in total. The predicted octanol–water partition coefficient (Wildman–Crippen LogP) is 1.59. The topological polar surface area (TPSA) is 117 Å². The van der Waals surface area contributed by atoms with Crippen LogP contribution >= 0.6 is 0 Å². The van der Waals surface area contributed by atoms with Gasteiger partial charge in [0, 0.05) is 32.1 Å². The van der Waals surface area contributed by atoms with E-state index in [0.717, 1.165) is 26.1 Å². The quantitative estimate of drug-likeness (QED) is 0.563. The SMILES string of the molecule is Cc1cc(=O)oc(C)c1C(=O)N1CCC2(CC1)CC(CN1CCCC1)OC2=O.O=CO. The Labute approximate surface area is 181 Å². The fourth-order valence-electron chi connectivity index (χ4n) is 4.97. The molecule has 1 aromatic rings. The van der Waals surface area contributed by atoms with Gasteiger partial charge in [-0.15, -0.1) is 0 Å². The van der Waals surface area contributed by atoms with Crippen molar-refractivity contribution in [3.8, 4) is 0 Å². The molecule has 31 heavy (non-hydrogen) atoms. The van der Waals surface area contributed by atoms with E-state index in [2.05, 4.69) is 4.90 Å². The number of piperidine rings is 1. The molecular formula is C22H30N2O7. The van der Waals surface area contributed by atoms with Gasteiger partial charge in [-0.1, -0.05) is 0 Å². The second-order valence-electron chi connectivity index (χ2n) is 8.60. The van der Waals surface area contributed by atoms with E-state index in [1.165, 1.54) is 18.9 Å². The van der Waals surface area contributed by atoms with Crippen molar-refractivity contribution in [1.82, 2.24) is 9.80 Å². The van der Waals surface area contributed by atoms with Gasteiger partial charge in [0.15, 0.2) is 0 Å². The van der Waals surface area contributed by atoms with E-state index < -0.39 is 11.0 Å². The van der Waals surface area contributed by atoms with Crippen molar-refractivity contribution in [2.45, 2.75) is 52.1 Å². The van der Waals surface area contributed by atoms with Gasteiger partial charge in [0.25, 0.3) is 12.4 Å². The highest BCUT2D eigenvalue weighted by Crippen LogP contribution is 2.43. The smallest absolute Gasteiger partial charge is 0.336 e. The molecular weight excluding hydrogens is 404 g/mol. The molecule has 0 saturated carbocycles. The second kappa shape index (κ2) is 9.64. The van der Waals surface area contributed by atoms with Gasteiger partial charge >= 0.3 is 11.6 Å². The predicted molar refractivity (Wildman–Crippen MR) is 111 cm³/mol. The van der Waals surface area contributed by atoms with Crippen molar-refractivity contribution < 1.29 is 28.6 Å². The largest absolute Gasteiger partial charge is 0.483 e. The summed E-state index contributed by atoms with van der Waals surface area (Å²) in [5, 5.41) is 6.89. The van der Waals surface area contributed by atoms with Crippen LogP contribution in [0.1, 0.15) is 53.8 Å². The number of amides is 1. The zero-order valence-electron chi connectivity index (χ0n) is 18.1. The lowest BCUT2D eigenvalue weighted by Gasteiger charge is -2.36. The molecule has 1 unspecified atom stereocenters. The number of carboxylic acid groups (broad SMARTS) is 1. The summed E-state index contributed by atoms with van der Waals surface area (Å²) >= 11 is 0. The number of carbonyl (C=O) groups excluding carboxylic acids is 2. The number of hydrogen-bond donors (Lipinski definition) is 1. The maximum atomic E-state index is 13.0. The summed E-state index contributed by atoms with van der Waals surface area (Å²) in [5.41, 5.74) is 0.192. The number of hydrogen-bond acceptors (Lipinski definition) is 7. The van der Waals surface area contributed by atoms with Crippen LogP contribution in [0.5, 0.6) is 0 Å². The molecule has 4 rings (SSSR count). The first-order chi connectivity index (χ1) is 14.8. The average molecular weight is 434 g/mol. The molecule has 3 aliphatic heterocycles. The summed E-state index contributed by atoms with van der Waals surface area (Å²) in [6, 6.07) is 1.35. The number of esters is 1. The third-order valence-electron chi connectivity index (χ3n) is 6.54. The molecule has 4 heterocycles. The molecule has 1 spiro atoms. The highest BCUT2D eigenvalue weighted by molar-refractivity contribution is 5.96. The maximum Gasteiger partial charge on any atom is 0.336 e. The highest BCUT2D eigenvalue weighted by atomic mass is 16.6. The van der Waals surface area contributed by atoms with Crippen LogP contribution in [0.15, 0.2) is 15.3 Å². The van der Waals surface area contributed by atoms with Gasteiger partial charge in [0.1, 0.15) is 11.9 Å². The van der Waals surface area contributed by atoms with Gasteiger partial charge in [-0.2, -0.15) is 0 Å². The number of carbonyl (C=O) groups is 3. The Bertz CT molecular complexity index is 854. The summed E-state index contributed by atoms with van der Waals surface area (Å²) in [6.07, 6.45) is 4.43. The maximum absolute atomic E-state index is 13.0. The Hall–Kier alpha value is -2.68. The molecule has 1 atom stereocenters. The fraction of sp³-hybridized carbons (Fsp3) is 0.636. The minimum atomic E-state index is -0.450. The first-order valence-electron chi connectivity index (χ1n) is 10.7. The first-order valence-corrected chi connectivity index (χ1v) is 10.7. The van der Waals surface area contributed by atoms with Crippen molar-refractivity contribution in [3.05, 3.63) is 33.4 Å². The van der Waals surface area contributed by atoms with Crippen LogP contribution in [0.25, 0.3) is 0 Å². The van der Waals surface area contributed by atoms with E-state index >= 15 is 0 Å². The van der Waals surface area contributed by atoms with Gasteiger partial charge in [-0.25, -0.2) is 4.79 Å². The van der Waals surface area contributed by atoms with Crippen LogP contribution in [0, 0.1) is 19.3 Å². The number of nitrogens with zero attached hydrogens (tertiary/aromatic N) is 2. The third-order valence-corrected chi connectivity index (χ3v) is 6.54. The number of ether oxygens (including phenoxy) is 1. The summed E-state index contributed by atoms with van der Waals surface area (Å²) < 4.78 is 10.8. The lowest BCUT2D eigenvalue weighted by molar-refractivity contribution is -0.151. The van der Waals surface area contributed by atoms with Gasteiger partial charge in [0.05, 0.1) is 11.0 Å². The molecule has 170 valence electrons. The molecule has 9 nitrogen and oxygen atoms in total. The van der Waals surface area contributed by atoms with Gasteiger partial charge in [0.2, 0.25) is 0 Å². The number of likely N-dealkylation sites (tertiary alicyclic amines) is 2. The lowest BCUT2D eigenvalue weighted by atomic mass is 9.76. The van der Waals surface area contributed by atoms with E-state index in [1.54, 1.807) is 18.7 Å². The van der Waals surface area contributed by atoms with Crippen LogP contribution in [0.4, 0.5) is 0 Å². The van der Waals surface area contributed by atoms with Crippen LogP contribution in [0.3, 0.4) is 0 Å². The first kappa shape index (κ1) is 23.0. The third kappa shape index (κ3) is 4.98. The summed E-state index contributed by atoms with van der Waals surface area (Å²) in [5.74, 6) is 0.122. The molecule has 1 amide bonds. The van der Waals surface area contributed by atoms with Crippen molar-refractivity contribution in [2.24, 2.45) is 5.41 Å². The number of rotatable bonds is 3. The van der Waals surface area contributed by atoms with E-state index in [0.29, 0.717) is 42.8 Å². The minimum absolute atomic E-state index is 0.0271. The Morgan fingerprint density at radius 1 is 1.19 bits per heavy atom. The van der Waals surface area contributed by atoms with E-state index in [1.807, 2.05) is 0 Å². The molecule has 9 heteroatoms. The van der Waals surface area contributed by atoms with Crippen LogP contribution in [-0.4, -0.2) is 72.1 Å². The normalized spacial score (nSPS) is 22.7. The van der Waals surface area contributed by atoms with Gasteiger partial charge in [-0.3, -0.25) is 19.3 Å². The molecule has 3 aliphatic rings. The Balaban J connectivity index is 0.000000858. The van der Waals surface area contributed by atoms with Gasteiger partial charge < -0.3 is 19.2 Å². The van der Waals surface area contributed by atoms with Crippen LogP contribution < -0.4 is 5.63 Å². The molecule has 0 aliphatic carbocycles. The summed E-state index contributed by atoms with van der Waals surface area (Å²) in [7, 11) is 0. The molecule has 1 aromatic heterocycles. The van der Waals surface area contributed by atoms with Crippen LogP contribution in [-0.2, 0) is 14.3 Å². The zero-order valence-corrected chi connectivity index (χ0v) is 18.1. The van der Waals surface area contributed by atoms with Crippen molar-refractivity contribution in [3.63, 3.8) is 0 Å². The Morgan fingerprint density at radius 3 is 2.39 bits per heavy atom. The average Bonchev–Trinajstić information content (AvgIpc) is 3.31. The summed E-state index contributed by atoms with van der Waals surface area (Å²) in [6.45, 7) is 7.19. The fourth-order valence-corrected chi connectivity index (χ4v) is 4.97. The monoisotopic (exact) mass is 434 g/mol. The zero-order chi connectivity index (χ0) is 22.6. The highest BCUT2D eigenvalue weighted by Gasteiger charge is 2.51. The van der Waals surface area contributed by atoms with Crippen LogP contribution in [0.2, 0.25) is 0 Å². The number of aryl methyl sites for hydroxylation is 2. The summed E-state index contributed by atoms with van der Waals surface area (Å²) in [4.78, 5) is 49.6. The molecule has 0 aromatic carbocycles. The molecule has 0 bridgehead atoms. The lowest BCUT2D eigenvalue weighted by Crippen LogP contribution is -2.45. The van der Waals surface area contributed by atoms with E-state index in [4.69, 9.17) is 19.1 Å². The van der Waals surface area contributed by atoms with Crippen molar-refractivity contribution in [1.29, 1.82) is 0 Å². The minimum Gasteiger partial charge on any atom is -0.483 e. The molecule has 3 saturated heterocycles. The Kier molecular flexibility index (Phi) is 7.15. The Morgan fingerprint density at radius 2 is 1.81 bits per heavy atom. The molecule has 3 fully saturated rings. The van der Waals surface area contributed by atoms with Gasteiger partial charge in [-0.05, 0) is 58.2 Å². The standard InChI is InChI=1S/C21H28N2O5.CH2O2/c1-14-11-17(24)27-15(2)18(14)19(25)23-9-5-21(6-10-23)12-16(28-20(21)26)13-22-7-3-4-8-22;2-1-3/h11,16H,3-10,12-13H2,1-2H3;1H,(H,2,3). The van der Waals surface area contributed by atoms with E-state index in [-0.39, 0.29) is 24.5 Å². The second-order valence-corrected chi connectivity index (χ2v) is 8.60. The van der Waals surface area contributed by atoms with Crippen molar-refractivity contribution in [2.75, 3.05) is 32.7 Å². The molecule has 0 radical (unpaired) electrons.